The lowest BCUT2D eigenvalue weighted by Gasteiger charge is -2.26. The van der Waals surface area contributed by atoms with E-state index < -0.39 is 11.2 Å². The maximum Gasteiger partial charge on any atom is 0.230 e. The molecule has 5 nitrogen and oxygen atoms in total. The van der Waals surface area contributed by atoms with Gasteiger partial charge in [0.1, 0.15) is 0 Å². The topological polar surface area (TPSA) is 47.2 Å². The molecule has 9 aromatic carbocycles. The summed E-state index contributed by atoms with van der Waals surface area (Å²) in [5.74, 6) is 0. The predicted octanol–water partition coefficient (Wildman–Crippen LogP) is 16.5. The van der Waals surface area contributed by atoms with E-state index in [-0.39, 0.29) is 0 Å². The molecule has 0 fully saturated rings. The maximum atomic E-state index is 11.7. The van der Waals surface area contributed by atoms with Crippen molar-refractivity contribution in [3.63, 3.8) is 0 Å². The zero-order chi connectivity index (χ0) is 45.6. The molecule has 318 valence electrons. The molecular formula is C62H44N4O. The van der Waals surface area contributed by atoms with Crippen molar-refractivity contribution in [2.45, 2.75) is 38.9 Å². The minimum atomic E-state index is -0.869. The Bertz CT molecular complexity index is 3430. The SMILES string of the molecule is [C-]#[N+]c1c(C#N)c(-n2c3ccc(-c4ccccc4)cc3c3cc(-c4ccccc4)ccc32)c2c(c1-n1c3ccc(-c4ccccc4)cc3c3cc(-c4ccccc4)ccc31)C(C)(C)OC2(C)C. The van der Waals surface area contributed by atoms with Crippen LogP contribution in [-0.4, -0.2) is 9.13 Å². The normalized spacial score (nSPS) is 13.8. The van der Waals surface area contributed by atoms with E-state index >= 15 is 0 Å². The van der Waals surface area contributed by atoms with Crippen LogP contribution in [0.1, 0.15) is 44.4 Å². The molecule has 2 aromatic heterocycles. The number of ether oxygens (including phenoxy) is 1. The minimum absolute atomic E-state index is 0.292. The van der Waals surface area contributed by atoms with E-state index in [2.05, 4.69) is 218 Å². The average molecular weight is 861 g/mol. The first-order chi connectivity index (χ1) is 32.6. The summed E-state index contributed by atoms with van der Waals surface area (Å²) >= 11 is 0. The molecule has 0 spiro atoms. The smallest absolute Gasteiger partial charge is 0.230 e. The minimum Gasteiger partial charge on any atom is -0.360 e. The molecule has 5 heteroatoms. The predicted molar refractivity (Wildman–Crippen MR) is 275 cm³/mol. The van der Waals surface area contributed by atoms with Crippen molar-refractivity contribution >= 4 is 49.3 Å². The molecule has 1 aliphatic heterocycles. The largest absolute Gasteiger partial charge is 0.360 e. The number of aromatic nitrogens is 2. The van der Waals surface area contributed by atoms with Crippen LogP contribution >= 0.6 is 0 Å². The summed E-state index contributed by atoms with van der Waals surface area (Å²) in [5.41, 5.74) is 14.7. The molecule has 3 heterocycles. The van der Waals surface area contributed by atoms with E-state index in [0.717, 1.165) is 99.2 Å². The summed E-state index contributed by atoms with van der Waals surface area (Å²) in [6.45, 7) is 17.5. The molecule has 0 saturated heterocycles. The van der Waals surface area contributed by atoms with Gasteiger partial charge in [-0.15, -0.1) is 0 Å². The highest BCUT2D eigenvalue weighted by atomic mass is 16.5. The first-order valence-electron chi connectivity index (χ1n) is 22.8. The third-order valence-electron chi connectivity index (χ3n) is 13.8. The molecule has 0 unspecified atom stereocenters. The van der Waals surface area contributed by atoms with Crippen LogP contribution in [0.25, 0.3) is 104 Å². The summed E-state index contributed by atoms with van der Waals surface area (Å²) in [7, 11) is 0. The molecule has 0 radical (unpaired) electrons. The first-order valence-corrected chi connectivity index (χ1v) is 22.8. The molecule has 11 aromatic rings. The van der Waals surface area contributed by atoms with Crippen molar-refractivity contribution < 1.29 is 4.74 Å². The van der Waals surface area contributed by atoms with E-state index in [1.807, 2.05) is 24.3 Å². The van der Waals surface area contributed by atoms with Crippen LogP contribution in [-0.2, 0) is 15.9 Å². The maximum absolute atomic E-state index is 11.7. The average Bonchev–Trinajstić information content (AvgIpc) is 3.94. The van der Waals surface area contributed by atoms with Gasteiger partial charge in [-0.3, -0.25) is 0 Å². The van der Waals surface area contributed by atoms with Crippen molar-refractivity contribution in [1.82, 2.24) is 9.13 Å². The lowest BCUT2D eigenvalue weighted by molar-refractivity contribution is -0.105. The Morgan fingerprint density at radius 1 is 0.418 bits per heavy atom. The van der Waals surface area contributed by atoms with E-state index in [1.54, 1.807) is 0 Å². The van der Waals surface area contributed by atoms with Crippen LogP contribution in [0.5, 0.6) is 0 Å². The second-order valence-corrected chi connectivity index (χ2v) is 18.6. The lowest BCUT2D eigenvalue weighted by atomic mass is 9.84. The van der Waals surface area contributed by atoms with Gasteiger partial charge in [0, 0.05) is 32.7 Å². The molecule has 0 atom stereocenters. The Balaban J connectivity index is 1.21. The first kappa shape index (κ1) is 40.1. The second-order valence-electron chi connectivity index (χ2n) is 18.6. The van der Waals surface area contributed by atoms with Gasteiger partial charge in [-0.25, -0.2) is 4.85 Å². The van der Waals surface area contributed by atoms with Crippen molar-refractivity contribution in [3.8, 4) is 62.0 Å². The van der Waals surface area contributed by atoms with Gasteiger partial charge in [-0.05, 0) is 121 Å². The molecule has 0 saturated carbocycles. The van der Waals surface area contributed by atoms with Gasteiger partial charge in [-0.1, -0.05) is 146 Å². The van der Waals surface area contributed by atoms with E-state index in [0.29, 0.717) is 22.6 Å². The number of benzene rings is 9. The van der Waals surface area contributed by atoms with Gasteiger partial charge < -0.3 is 13.9 Å². The fourth-order valence-corrected chi connectivity index (χ4v) is 11.0. The van der Waals surface area contributed by atoms with Crippen molar-refractivity contribution in [2.24, 2.45) is 0 Å². The number of nitriles is 1. The van der Waals surface area contributed by atoms with Gasteiger partial charge >= 0.3 is 0 Å². The number of fused-ring (bicyclic) bond motifs is 7. The van der Waals surface area contributed by atoms with Crippen molar-refractivity contribution in [3.05, 3.63) is 222 Å². The fraction of sp³-hybridized carbons (Fsp3) is 0.0968. The number of hydrogen-bond acceptors (Lipinski definition) is 2. The lowest BCUT2D eigenvalue weighted by Crippen LogP contribution is -2.23. The molecule has 1 aliphatic rings. The Labute approximate surface area is 389 Å². The number of hydrogen-bond donors (Lipinski definition) is 0. The summed E-state index contributed by atoms with van der Waals surface area (Å²) in [4.78, 5) is 4.41. The van der Waals surface area contributed by atoms with E-state index in [1.165, 1.54) is 0 Å². The Morgan fingerprint density at radius 3 is 1.01 bits per heavy atom. The molecule has 0 amide bonds. The highest BCUT2D eigenvalue weighted by Gasteiger charge is 2.49. The van der Waals surface area contributed by atoms with Gasteiger partial charge in [0.15, 0.2) is 0 Å². The zero-order valence-electron chi connectivity index (χ0n) is 37.7. The Kier molecular flexibility index (Phi) is 8.99. The van der Waals surface area contributed by atoms with Gasteiger partial charge in [0.2, 0.25) is 5.69 Å². The van der Waals surface area contributed by atoms with Crippen LogP contribution in [0.15, 0.2) is 194 Å². The van der Waals surface area contributed by atoms with Gasteiger partial charge in [-0.2, -0.15) is 5.26 Å². The quantitative estimate of drug-likeness (QED) is 0.156. The Hall–Kier alpha value is -8.48. The Morgan fingerprint density at radius 2 is 0.716 bits per heavy atom. The molecule has 0 bridgehead atoms. The monoisotopic (exact) mass is 860 g/mol. The van der Waals surface area contributed by atoms with Crippen LogP contribution < -0.4 is 0 Å². The molecule has 0 N–H and O–H groups in total. The molecule has 67 heavy (non-hydrogen) atoms. The standard InChI is InChI=1S/C62H44N4O/c1-61(2)56-57(62(3,4)67-61)60(66-54-32-28-45(41-22-14-8-15-23-41)36-49(54)50-37-46(29-33-55(50)66)42-24-16-9-17-25-42)58(64-5)51(38-63)59(56)65-52-30-26-43(39-18-10-6-11-19-39)34-47(52)48-35-44(27-31-53(48)65)40-20-12-7-13-21-40/h6-37H,1-4H3. The van der Waals surface area contributed by atoms with Crippen molar-refractivity contribution in [2.75, 3.05) is 0 Å². The fourth-order valence-electron chi connectivity index (χ4n) is 11.0. The number of rotatable bonds is 6. The third-order valence-corrected chi connectivity index (χ3v) is 13.8. The molecular weight excluding hydrogens is 817 g/mol. The highest BCUT2D eigenvalue weighted by molar-refractivity contribution is 6.14. The van der Waals surface area contributed by atoms with Gasteiger partial charge in [0.05, 0.1) is 62.8 Å². The number of nitrogens with zero attached hydrogens (tertiary/aromatic N) is 4. The van der Waals surface area contributed by atoms with E-state index in [4.69, 9.17) is 11.3 Å². The zero-order valence-corrected chi connectivity index (χ0v) is 37.7. The van der Waals surface area contributed by atoms with Crippen molar-refractivity contribution in [1.29, 1.82) is 5.26 Å². The third kappa shape index (κ3) is 6.17. The molecule has 12 rings (SSSR count). The van der Waals surface area contributed by atoms with Crippen LogP contribution in [0.2, 0.25) is 0 Å². The van der Waals surface area contributed by atoms with Crippen LogP contribution in [0.3, 0.4) is 0 Å². The summed E-state index contributed by atoms with van der Waals surface area (Å²) < 4.78 is 11.7. The summed E-state index contributed by atoms with van der Waals surface area (Å²) in [5, 5.41) is 15.9. The van der Waals surface area contributed by atoms with Crippen LogP contribution in [0, 0.1) is 17.9 Å². The second kappa shape index (κ2) is 15.0. The summed E-state index contributed by atoms with van der Waals surface area (Å²) in [6, 6.07) is 70.9. The van der Waals surface area contributed by atoms with E-state index in [9.17, 15) is 5.26 Å². The summed E-state index contributed by atoms with van der Waals surface area (Å²) in [6.07, 6.45) is 0. The van der Waals surface area contributed by atoms with Crippen LogP contribution in [0.4, 0.5) is 5.69 Å². The van der Waals surface area contributed by atoms with Gasteiger partial charge in [0.25, 0.3) is 0 Å². The highest BCUT2D eigenvalue weighted by Crippen LogP contribution is 2.57. The molecule has 0 aliphatic carbocycles.